The minimum atomic E-state index is 0.354. The quantitative estimate of drug-likeness (QED) is 0.640. The summed E-state index contributed by atoms with van der Waals surface area (Å²) >= 11 is 2.08. The molecule has 0 bridgehead atoms. The van der Waals surface area contributed by atoms with E-state index in [-0.39, 0.29) is 0 Å². The Morgan fingerprint density at radius 2 is 1.79 bits per heavy atom. The Labute approximate surface area is 91.9 Å². The van der Waals surface area contributed by atoms with E-state index < -0.39 is 0 Å². The molecule has 1 saturated heterocycles. The molecular formula is C11H23NOS. The summed E-state index contributed by atoms with van der Waals surface area (Å²) in [6.45, 7) is 1.52. The first-order chi connectivity index (χ1) is 6.93. The van der Waals surface area contributed by atoms with E-state index in [9.17, 15) is 0 Å². The van der Waals surface area contributed by atoms with E-state index >= 15 is 0 Å². The van der Waals surface area contributed by atoms with Gasteiger partial charge in [0, 0.05) is 12.6 Å². The first-order valence-electron chi connectivity index (χ1n) is 5.85. The lowest BCUT2D eigenvalue weighted by Gasteiger charge is -2.22. The summed E-state index contributed by atoms with van der Waals surface area (Å²) in [6.07, 6.45) is 7.38. The number of hydrogen-bond acceptors (Lipinski definition) is 3. The van der Waals surface area contributed by atoms with Crippen LogP contribution >= 0.6 is 11.8 Å². The highest BCUT2D eigenvalue weighted by atomic mass is 32.2. The van der Waals surface area contributed by atoms with Crippen LogP contribution in [0.1, 0.15) is 38.5 Å². The second-order valence-electron chi connectivity index (χ2n) is 3.98. The maximum Gasteiger partial charge on any atom is 0.0431 e. The van der Waals surface area contributed by atoms with Gasteiger partial charge in [0.05, 0.1) is 0 Å². The molecule has 2 N–H and O–H groups in total. The third-order valence-electron chi connectivity index (χ3n) is 2.74. The molecule has 14 heavy (non-hydrogen) atoms. The third-order valence-corrected chi connectivity index (χ3v) is 3.79. The van der Waals surface area contributed by atoms with Crippen LogP contribution in [-0.2, 0) is 0 Å². The number of rotatable bonds is 7. The van der Waals surface area contributed by atoms with Crippen LogP contribution in [0.3, 0.4) is 0 Å². The maximum absolute atomic E-state index is 8.61. The molecule has 0 atom stereocenters. The van der Waals surface area contributed by atoms with Crippen molar-refractivity contribution in [3.8, 4) is 0 Å². The number of hydrogen-bond donors (Lipinski definition) is 2. The lowest BCUT2D eigenvalue weighted by Crippen LogP contribution is -2.33. The Bertz CT molecular complexity index is 126. The van der Waals surface area contributed by atoms with Gasteiger partial charge in [-0.2, -0.15) is 11.8 Å². The van der Waals surface area contributed by atoms with Gasteiger partial charge in [0.25, 0.3) is 0 Å². The van der Waals surface area contributed by atoms with Crippen molar-refractivity contribution in [3.63, 3.8) is 0 Å². The lowest BCUT2D eigenvalue weighted by molar-refractivity contribution is 0.282. The predicted molar refractivity (Wildman–Crippen MR) is 63.9 cm³/mol. The standard InChI is InChI=1S/C11H23NOS/c13-8-4-2-1-3-7-12-11-5-9-14-10-6-11/h11-13H,1-10H2. The summed E-state index contributed by atoms with van der Waals surface area (Å²) in [5.41, 5.74) is 0. The number of nitrogens with one attached hydrogen (secondary N) is 1. The lowest BCUT2D eigenvalue weighted by atomic mass is 10.1. The molecule has 1 heterocycles. The Hall–Kier alpha value is 0.270. The average Bonchev–Trinajstić information content (AvgIpc) is 2.25. The summed E-state index contributed by atoms with van der Waals surface area (Å²) in [5.74, 6) is 2.67. The summed E-state index contributed by atoms with van der Waals surface area (Å²) in [4.78, 5) is 0. The van der Waals surface area contributed by atoms with Crippen molar-refractivity contribution in [2.24, 2.45) is 0 Å². The summed E-state index contributed by atoms with van der Waals surface area (Å²) in [7, 11) is 0. The first kappa shape index (κ1) is 12.3. The Morgan fingerprint density at radius 1 is 1.07 bits per heavy atom. The molecule has 0 unspecified atom stereocenters. The fourth-order valence-corrected chi connectivity index (χ4v) is 2.90. The fourth-order valence-electron chi connectivity index (χ4n) is 1.80. The fraction of sp³-hybridized carbons (Fsp3) is 1.00. The number of aliphatic hydroxyl groups is 1. The van der Waals surface area contributed by atoms with Gasteiger partial charge < -0.3 is 10.4 Å². The molecule has 1 rings (SSSR count). The van der Waals surface area contributed by atoms with Crippen molar-refractivity contribution in [2.45, 2.75) is 44.6 Å². The van der Waals surface area contributed by atoms with Gasteiger partial charge >= 0.3 is 0 Å². The van der Waals surface area contributed by atoms with Crippen LogP contribution in [0.5, 0.6) is 0 Å². The van der Waals surface area contributed by atoms with Crippen LogP contribution in [0.4, 0.5) is 0 Å². The van der Waals surface area contributed by atoms with Crippen molar-refractivity contribution in [1.29, 1.82) is 0 Å². The minimum Gasteiger partial charge on any atom is -0.396 e. The van der Waals surface area contributed by atoms with Crippen LogP contribution in [0.25, 0.3) is 0 Å². The van der Waals surface area contributed by atoms with E-state index in [1.807, 2.05) is 0 Å². The zero-order valence-electron chi connectivity index (χ0n) is 9.00. The monoisotopic (exact) mass is 217 g/mol. The van der Waals surface area contributed by atoms with Gasteiger partial charge in [0.15, 0.2) is 0 Å². The van der Waals surface area contributed by atoms with E-state index in [0.29, 0.717) is 6.61 Å². The van der Waals surface area contributed by atoms with Crippen molar-refractivity contribution in [2.75, 3.05) is 24.7 Å². The number of thioether (sulfide) groups is 1. The number of aliphatic hydroxyl groups excluding tert-OH is 1. The van der Waals surface area contributed by atoms with Gasteiger partial charge in [-0.15, -0.1) is 0 Å². The van der Waals surface area contributed by atoms with Crippen LogP contribution < -0.4 is 5.32 Å². The van der Waals surface area contributed by atoms with E-state index in [0.717, 1.165) is 12.5 Å². The second kappa shape index (κ2) is 8.57. The molecule has 0 amide bonds. The summed E-state index contributed by atoms with van der Waals surface area (Å²) in [5, 5.41) is 12.2. The van der Waals surface area contributed by atoms with Crippen LogP contribution in [0, 0.1) is 0 Å². The zero-order valence-corrected chi connectivity index (χ0v) is 9.82. The van der Waals surface area contributed by atoms with Gasteiger partial charge in [-0.1, -0.05) is 12.8 Å². The number of unbranched alkanes of at least 4 members (excludes halogenated alkanes) is 3. The van der Waals surface area contributed by atoms with Crippen molar-refractivity contribution < 1.29 is 5.11 Å². The van der Waals surface area contributed by atoms with Crippen molar-refractivity contribution in [3.05, 3.63) is 0 Å². The van der Waals surface area contributed by atoms with Crippen LogP contribution in [0.2, 0.25) is 0 Å². The van der Waals surface area contributed by atoms with E-state index in [4.69, 9.17) is 5.11 Å². The van der Waals surface area contributed by atoms with Gasteiger partial charge in [0.2, 0.25) is 0 Å². The first-order valence-corrected chi connectivity index (χ1v) is 7.01. The van der Waals surface area contributed by atoms with Crippen molar-refractivity contribution in [1.82, 2.24) is 5.32 Å². The largest absolute Gasteiger partial charge is 0.396 e. The van der Waals surface area contributed by atoms with E-state index in [1.54, 1.807) is 0 Å². The van der Waals surface area contributed by atoms with E-state index in [2.05, 4.69) is 17.1 Å². The van der Waals surface area contributed by atoms with Gasteiger partial charge in [-0.05, 0) is 43.7 Å². The Morgan fingerprint density at radius 3 is 2.50 bits per heavy atom. The van der Waals surface area contributed by atoms with Crippen LogP contribution in [-0.4, -0.2) is 35.8 Å². The van der Waals surface area contributed by atoms with Crippen LogP contribution in [0.15, 0.2) is 0 Å². The second-order valence-corrected chi connectivity index (χ2v) is 5.20. The van der Waals surface area contributed by atoms with Crippen molar-refractivity contribution >= 4 is 11.8 Å². The molecule has 0 aromatic rings. The van der Waals surface area contributed by atoms with Gasteiger partial charge in [-0.25, -0.2) is 0 Å². The zero-order chi connectivity index (χ0) is 10.1. The molecule has 84 valence electrons. The molecule has 0 spiro atoms. The highest BCUT2D eigenvalue weighted by Gasteiger charge is 2.11. The van der Waals surface area contributed by atoms with Gasteiger partial charge in [0.1, 0.15) is 0 Å². The Balaban J connectivity index is 1.82. The average molecular weight is 217 g/mol. The third kappa shape index (κ3) is 5.89. The highest BCUT2D eigenvalue weighted by molar-refractivity contribution is 7.99. The molecule has 2 nitrogen and oxygen atoms in total. The molecule has 0 aromatic carbocycles. The predicted octanol–water partition coefficient (Wildman–Crippen LogP) is 2.02. The molecule has 0 radical (unpaired) electrons. The van der Waals surface area contributed by atoms with Gasteiger partial charge in [-0.3, -0.25) is 0 Å². The molecule has 0 aromatic heterocycles. The summed E-state index contributed by atoms with van der Waals surface area (Å²) in [6, 6.07) is 0.786. The molecule has 1 aliphatic heterocycles. The smallest absolute Gasteiger partial charge is 0.0431 e. The molecule has 3 heteroatoms. The molecule has 0 saturated carbocycles. The molecular weight excluding hydrogens is 194 g/mol. The summed E-state index contributed by atoms with van der Waals surface area (Å²) < 4.78 is 0. The SMILES string of the molecule is OCCCCCCNC1CCSCC1. The highest BCUT2D eigenvalue weighted by Crippen LogP contribution is 2.16. The Kier molecular flexibility index (Phi) is 7.55. The maximum atomic E-state index is 8.61. The molecule has 1 aliphatic rings. The molecule has 0 aliphatic carbocycles. The normalized spacial score (nSPS) is 18.6. The van der Waals surface area contributed by atoms with E-state index in [1.165, 1.54) is 50.2 Å². The molecule has 1 fully saturated rings. The topological polar surface area (TPSA) is 32.3 Å². The minimum absolute atomic E-state index is 0.354.